The number of carbonyl (C=O) groups excluding carboxylic acids is 1. The van der Waals surface area contributed by atoms with E-state index in [9.17, 15) is 9.59 Å². The van der Waals surface area contributed by atoms with E-state index in [1.54, 1.807) is 0 Å². The van der Waals surface area contributed by atoms with Crippen molar-refractivity contribution in [3.8, 4) is 0 Å². The predicted molar refractivity (Wildman–Crippen MR) is 190 cm³/mol. The first-order valence-corrected chi connectivity index (χ1v) is 19.0. The van der Waals surface area contributed by atoms with Crippen molar-refractivity contribution in [2.45, 2.75) is 206 Å². The summed E-state index contributed by atoms with van der Waals surface area (Å²) in [5, 5.41) is 8.80. The van der Waals surface area contributed by atoms with Crippen molar-refractivity contribution < 1.29 is 19.4 Å². The smallest absolute Gasteiger partial charge is 0.306 e. The molecule has 0 aliphatic rings. The quantitative estimate of drug-likeness (QED) is 0.0444. The van der Waals surface area contributed by atoms with Gasteiger partial charge in [-0.15, -0.1) is 0 Å². The molecule has 0 aromatic heterocycles. The number of ether oxygens (including phenoxy) is 1. The minimum absolute atomic E-state index is 0.00793. The first kappa shape index (κ1) is 42.2. The summed E-state index contributed by atoms with van der Waals surface area (Å²) in [6, 6.07) is 0. The van der Waals surface area contributed by atoms with E-state index in [1.165, 1.54) is 89.9 Å². The Kier molecular flexibility index (Phi) is 34.1. The van der Waals surface area contributed by atoms with Crippen LogP contribution < -0.4 is 0 Å². The number of aliphatic carboxylic acids is 1. The summed E-state index contributed by atoms with van der Waals surface area (Å²) in [7, 11) is 0. The lowest BCUT2D eigenvalue weighted by atomic mass is 10.0. The molecule has 0 saturated carbocycles. The van der Waals surface area contributed by atoms with Crippen molar-refractivity contribution in [1.29, 1.82) is 0 Å². The number of allylic oxidation sites excluding steroid dienone is 6. The minimum Gasteiger partial charge on any atom is -0.481 e. The highest BCUT2D eigenvalue weighted by molar-refractivity contribution is 5.69. The minimum atomic E-state index is -0.702. The molecule has 256 valence electrons. The number of hydrogen-bond donors (Lipinski definition) is 1. The molecule has 0 bridgehead atoms. The number of esters is 1. The van der Waals surface area contributed by atoms with Gasteiger partial charge in [0.25, 0.3) is 0 Å². The van der Waals surface area contributed by atoms with Gasteiger partial charge in [0.05, 0.1) is 0 Å². The molecule has 0 amide bonds. The van der Waals surface area contributed by atoms with Crippen molar-refractivity contribution in [2.24, 2.45) is 0 Å². The third kappa shape index (κ3) is 34.6. The number of rotatable bonds is 34. The van der Waals surface area contributed by atoms with Gasteiger partial charge in [-0.3, -0.25) is 9.59 Å². The molecule has 1 atom stereocenters. The Balaban J connectivity index is 3.99. The van der Waals surface area contributed by atoms with E-state index >= 15 is 0 Å². The lowest BCUT2D eigenvalue weighted by molar-refractivity contribution is -0.150. The third-order valence-electron chi connectivity index (χ3n) is 8.38. The zero-order chi connectivity index (χ0) is 32.2. The topological polar surface area (TPSA) is 63.6 Å². The predicted octanol–water partition coefficient (Wildman–Crippen LogP) is 13.0. The Morgan fingerprint density at radius 2 is 0.955 bits per heavy atom. The second-order valence-corrected chi connectivity index (χ2v) is 12.7. The summed E-state index contributed by atoms with van der Waals surface area (Å²) in [5.41, 5.74) is 0. The van der Waals surface area contributed by atoms with Crippen molar-refractivity contribution in [3.63, 3.8) is 0 Å². The number of carboxylic acid groups (broad SMARTS) is 1. The Morgan fingerprint density at radius 1 is 0.523 bits per heavy atom. The van der Waals surface area contributed by atoms with E-state index in [1.807, 2.05) is 0 Å². The van der Waals surface area contributed by atoms with E-state index in [0.717, 1.165) is 83.5 Å². The molecule has 0 spiro atoms. The Labute approximate surface area is 273 Å². The summed E-state index contributed by atoms with van der Waals surface area (Å²) in [6.07, 6.45) is 45.9. The summed E-state index contributed by atoms with van der Waals surface area (Å²) in [4.78, 5) is 23.3. The van der Waals surface area contributed by atoms with Crippen LogP contribution in [0.5, 0.6) is 0 Å². The van der Waals surface area contributed by atoms with Gasteiger partial charge in [-0.25, -0.2) is 0 Å². The van der Waals surface area contributed by atoms with E-state index in [4.69, 9.17) is 9.84 Å². The van der Waals surface area contributed by atoms with Crippen LogP contribution in [0.2, 0.25) is 0 Å². The maximum absolute atomic E-state index is 12.6. The van der Waals surface area contributed by atoms with Crippen LogP contribution in [0.1, 0.15) is 200 Å². The second-order valence-electron chi connectivity index (χ2n) is 12.7. The molecule has 1 N–H and O–H groups in total. The van der Waals surface area contributed by atoms with Crippen LogP contribution in [-0.2, 0) is 14.3 Å². The van der Waals surface area contributed by atoms with Gasteiger partial charge in [-0.2, -0.15) is 0 Å². The molecule has 0 fully saturated rings. The molecule has 0 aromatic rings. The normalized spacial score (nSPS) is 12.6. The van der Waals surface area contributed by atoms with Crippen LogP contribution >= 0.6 is 0 Å². The van der Waals surface area contributed by atoms with Gasteiger partial charge in [0.2, 0.25) is 0 Å². The van der Waals surface area contributed by atoms with Gasteiger partial charge in [0.15, 0.2) is 0 Å². The summed E-state index contributed by atoms with van der Waals surface area (Å²) in [6.45, 7) is 4.43. The monoisotopic (exact) mass is 617 g/mol. The van der Waals surface area contributed by atoms with Crippen molar-refractivity contribution in [2.75, 3.05) is 0 Å². The molecule has 0 saturated heterocycles. The molecule has 0 heterocycles. The molecule has 44 heavy (non-hydrogen) atoms. The van der Waals surface area contributed by atoms with Crippen LogP contribution in [0, 0.1) is 0 Å². The Bertz CT molecular complexity index is 708. The maximum atomic E-state index is 12.6. The fourth-order valence-electron chi connectivity index (χ4n) is 5.61. The maximum Gasteiger partial charge on any atom is 0.306 e. The van der Waals surface area contributed by atoms with Crippen molar-refractivity contribution in [3.05, 3.63) is 36.5 Å². The zero-order valence-corrected chi connectivity index (χ0v) is 29.2. The Hall–Kier alpha value is -1.84. The fourth-order valence-corrected chi connectivity index (χ4v) is 5.61. The van der Waals surface area contributed by atoms with Crippen LogP contribution in [0.3, 0.4) is 0 Å². The summed E-state index contributed by atoms with van der Waals surface area (Å²) < 4.78 is 5.98. The van der Waals surface area contributed by atoms with Gasteiger partial charge >= 0.3 is 11.9 Å². The molecule has 0 aliphatic carbocycles. The molecule has 4 nitrogen and oxygen atoms in total. The largest absolute Gasteiger partial charge is 0.481 e. The van der Waals surface area contributed by atoms with Gasteiger partial charge in [0.1, 0.15) is 6.10 Å². The van der Waals surface area contributed by atoms with Gasteiger partial charge in [0, 0.05) is 12.8 Å². The van der Waals surface area contributed by atoms with Crippen molar-refractivity contribution in [1.82, 2.24) is 0 Å². The van der Waals surface area contributed by atoms with E-state index < -0.39 is 5.97 Å². The standard InChI is InChI=1S/C40H72O4/c1-3-5-7-9-11-13-14-15-16-17-18-19-20-22-24-29-33-37-40(43)44-38(35-31-27-25-28-32-36-39(41)42)34-30-26-23-21-12-10-8-6-4-2/h5,7,11,13,15-16,38H,3-4,6,8-10,12,14,17-37H2,1-2H3,(H,41,42)/b7-5-,13-11-,16-15-. The highest BCUT2D eigenvalue weighted by atomic mass is 16.5. The molecular formula is C40H72O4. The van der Waals surface area contributed by atoms with Crippen LogP contribution in [0.15, 0.2) is 36.5 Å². The average Bonchev–Trinajstić information content (AvgIpc) is 3.00. The zero-order valence-electron chi connectivity index (χ0n) is 29.2. The first-order chi connectivity index (χ1) is 21.6. The molecule has 1 unspecified atom stereocenters. The van der Waals surface area contributed by atoms with Gasteiger partial charge in [-0.05, 0) is 70.6 Å². The van der Waals surface area contributed by atoms with Crippen LogP contribution in [0.25, 0.3) is 0 Å². The number of unbranched alkanes of at least 4 members (excludes halogenated alkanes) is 19. The molecular weight excluding hydrogens is 544 g/mol. The molecule has 0 aromatic carbocycles. The number of carbonyl (C=O) groups is 2. The van der Waals surface area contributed by atoms with Gasteiger partial charge in [-0.1, -0.05) is 153 Å². The molecule has 4 heteroatoms. The van der Waals surface area contributed by atoms with E-state index in [-0.39, 0.29) is 18.5 Å². The van der Waals surface area contributed by atoms with Gasteiger partial charge < -0.3 is 9.84 Å². The Morgan fingerprint density at radius 3 is 1.48 bits per heavy atom. The molecule has 0 aliphatic heterocycles. The second kappa shape index (κ2) is 35.6. The third-order valence-corrected chi connectivity index (χ3v) is 8.38. The van der Waals surface area contributed by atoms with Crippen LogP contribution in [0.4, 0.5) is 0 Å². The lowest BCUT2D eigenvalue weighted by Crippen LogP contribution is -2.18. The van der Waals surface area contributed by atoms with Crippen molar-refractivity contribution >= 4 is 11.9 Å². The number of hydrogen-bond acceptors (Lipinski definition) is 3. The fraction of sp³-hybridized carbons (Fsp3) is 0.800. The highest BCUT2D eigenvalue weighted by Crippen LogP contribution is 2.19. The summed E-state index contributed by atoms with van der Waals surface area (Å²) in [5.74, 6) is -0.710. The lowest BCUT2D eigenvalue weighted by Gasteiger charge is -2.18. The summed E-state index contributed by atoms with van der Waals surface area (Å²) >= 11 is 0. The average molecular weight is 617 g/mol. The number of carboxylic acids is 1. The SMILES string of the molecule is CC/C=C\C/C=C\C/C=C\CCCCCCCCCC(=O)OC(CCCCCCCCCCC)CCCCCCCC(=O)O. The molecule has 0 radical (unpaired) electrons. The van der Waals surface area contributed by atoms with Crippen LogP contribution in [-0.4, -0.2) is 23.1 Å². The first-order valence-electron chi connectivity index (χ1n) is 19.0. The molecule has 0 rings (SSSR count). The van der Waals surface area contributed by atoms with E-state index in [2.05, 4.69) is 50.3 Å². The van der Waals surface area contributed by atoms with E-state index in [0.29, 0.717) is 6.42 Å². The highest BCUT2D eigenvalue weighted by Gasteiger charge is 2.14.